The highest BCUT2D eigenvalue weighted by molar-refractivity contribution is 7.19. The van der Waals surface area contributed by atoms with E-state index in [4.69, 9.17) is 11.6 Å². The Kier molecular flexibility index (Phi) is 7.22. The van der Waals surface area contributed by atoms with Crippen LogP contribution >= 0.6 is 22.9 Å². The van der Waals surface area contributed by atoms with Gasteiger partial charge in [-0.3, -0.25) is 19.8 Å². The minimum Gasteiger partial charge on any atom is -0.353 e. The van der Waals surface area contributed by atoms with E-state index in [1.807, 2.05) is 56.1 Å². The van der Waals surface area contributed by atoms with Gasteiger partial charge in [-0.2, -0.15) is 0 Å². The first-order valence-electron chi connectivity index (χ1n) is 10.8. The van der Waals surface area contributed by atoms with Crippen molar-refractivity contribution in [3.63, 3.8) is 0 Å². The highest BCUT2D eigenvalue weighted by Crippen LogP contribution is 2.36. The predicted molar refractivity (Wildman–Crippen MR) is 135 cm³/mol. The van der Waals surface area contributed by atoms with Crippen LogP contribution in [0.3, 0.4) is 0 Å². The van der Waals surface area contributed by atoms with Crippen molar-refractivity contribution in [1.82, 2.24) is 25.2 Å². The maximum Gasteiger partial charge on any atom is 0.223 e. The molecule has 4 rings (SSSR count). The lowest BCUT2D eigenvalue weighted by molar-refractivity contribution is -0.132. The number of carbonyl (C=O) groups is 2. The molecule has 2 aromatic heterocycles. The number of para-hydroxylation sites is 1. The van der Waals surface area contributed by atoms with Gasteiger partial charge in [0.15, 0.2) is 11.4 Å². The Hall–Kier alpha value is -2.92. The number of nitrogens with one attached hydrogen (secondary N) is 2. The van der Waals surface area contributed by atoms with Gasteiger partial charge in [0.25, 0.3) is 0 Å². The third-order valence-electron chi connectivity index (χ3n) is 5.97. The lowest BCUT2D eigenvalue weighted by Gasteiger charge is -2.33. The number of nitrogens with zero attached hydrogens (tertiary/aromatic N) is 5. The molecule has 1 fully saturated rings. The van der Waals surface area contributed by atoms with Crippen molar-refractivity contribution in [2.45, 2.75) is 25.4 Å². The van der Waals surface area contributed by atoms with E-state index in [1.165, 1.54) is 11.3 Å². The molecule has 34 heavy (non-hydrogen) atoms. The predicted octanol–water partition coefficient (Wildman–Crippen LogP) is 3.21. The standard InChI is InChI=1S/C23H26ClN7O2S/c1-23(2)20(17(33)13-32)28-14-31(23)10-9-25-21-26-11-16(24)19(29-21)18-12-27-22(34-18)30(3)15-7-5-4-6-8-15/h4-8,11-13,20,28H,9-10,14H2,1-3H3,(H,25,26,29). The molecule has 3 aromatic rings. The maximum absolute atomic E-state index is 11.9. The van der Waals surface area contributed by atoms with Crippen molar-refractivity contribution in [2.24, 2.45) is 0 Å². The zero-order valence-electron chi connectivity index (χ0n) is 19.2. The monoisotopic (exact) mass is 499 g/mol. The molecule has 1 saturated heterocycles. The number of rotatable bonds is 9. The van der Waals surface area contributed by atoms with Crippen LogP contribution in [0.4, 0.5) is 16.8 Å². The number of benzene rings is 1. The number of halogens is 1. The Balaban J connectivity index is 1.42. The van der Waals surface area contributed by atoms with E-state index in [0.717, 1.165) is 15.7 Å². The summed E-state index contributed by atoms with van der Waals surface area (Å²) < 4.78 is 0. The van der Waals surface area contributed by atoms with Crippen molar-refractivity contribution in [1.29, 1.82) is 0 Å². The van der Waals surface area contributed by atoms with Crippen molar-refractivity contribution in [3.05, 3.63) is 47.7 Å². The van der Waals surface area contributed by atoms with Gasteiger partial charge in [0.1, 0.15) is 5.69 Å². The SMILES string of the molecule is CN(c1ccccc1)c1ncc(-c2nc(NCCN3CNC(C(=O)C=O)C3(C)C)ncc2Cl)s1. The van der Waals surface area contributed by atoms with Crippen LogP contribution in [0.1, 0.15) is 13.8 Å². The van der Waals surface area contributed by atoms with Crippen LogP contribution in [0.2, 0.25) is 5.02 Å². The highest BCUT2D eigenvalue weighted by Gasteiger charge is 2.44. The molecule has 9 nitrogen and oxygen atoms in total. The second-order valence-electron chi connectivity index (χ2n) is 8.45. The van der Waals surface area contributed by atoms with Crippen molar-refractivity contribution in [3.8, 4) is 10.6 Å². The molecule has 0 bridgehead atoms. The van der Waals surface area contributed by atoms with Crippen LogP contribution in [0.5, 0.6) is 0 Å². The molecule has 2 N–H and O–H groups in total. The zero-order valence-corrected chi connectivity index (χ0v) is 20.7. The average Bonchev–Trinajstić information content (AvgIpc) is 3.44. The topological polar surface area (TPSA) is 103 Å². The Labute approximate surface area is 207 Å². The fourth-order valence-corrected chi connectivity index (χ4v) is 5.09. The molecular weight excluding hydrogens is 474 g/mol. The average molecular weight is 500 g/mol. The third kappa shape index (κ3) is 4.95. The van der Waals surface area contributed by atoms with E-state index in [-0.39, 0.29) is 0 Å². The van der Waals surface area contributed by atoms with Crippen LogP contribution in [0, 0.1) is 0 Å². The molecule has 0 saturated carbocycles. The number of aromatic nitrogens is 3. The first-order chi connectivity index (χ1) is 16.3. The van der Waals surface area contributed by atoms with Gasteiger partial charge in [0.2, 0.25) is 11.7 Å². The van der Waals surface area contributed by atoms with E-state index in [2.05, 4.69) is 30.5 Å². The lowest BCUT2D eigenvalue weighted by atomic mass is 9.92. The van der Waals surface area contributed by atoms with E-state index >= 15 is 0 Å². The fourth-order valence-electron chi connectivity index (χ4n) is 3.94. The first kappa shape index (κ1) is 24.2. The summed E-state index contributed by atoms with van der Waals surface area (Å²) in [6.45, 7) is 5.60. The van der Waals surface area contributed by atoms with Crippen LogP contribution in [0.15, 0.2) is 42.7 Å². The maximum atomic E-state index is 11.9. The number of aldehydes is 1. The van der Waals surface area contributed by atoms with E-state index < -0.39 is 17.4 Å². The molecule has 1 aliphatic heterocycles. The van der Waals surface area contributed by atoms with Gasteiger partial charge in [-0.25, -0.2) is 15.0 Å². The van der Waals surface area contributed by atoms with Gasteiger partial charge in [-0.15, -0.1) is 0 Å². The molecule has 0 spiro atoms. The second-order valence-corrected chi connectivity index (χ2v) is 9.87. The number of hydrogen-bond acceptors (Lipinski definition) is 10. The van der Waals surface area contributed by atoms with Gasteiger partial charge in [-0.05, 0) is 26.0 Å². The smallest absolute Gasteiger partial charge is 0.223 e. The summed E-state index contributed by atoms with van der Waals surface area (Å²) in [6, 6.07) is 9.48. The van der Waals surface area contributed by atoms with Crippen LogP contribution < -0.4 is 15.5 Å². The number of anilines is 3. The highest BCUT2D eigenvalue weighted by atomic mass is 35.5. The second kappa shape index (κ2) is 10.1. The molecule has 178 valence electrons. The van der Waals surface area contributed by atoms with Crippen molar-refractivity contribution >= 4 is 51.8 Å². The van der Waals surface area contributed by atoms with Crippen LogP contribution in [-0.4, -0.2) is 70.3 Å². The summed E-state index contributed by atoms with van der Waals surface area (Å²) in [5, 5.41) is 7.62. The molecular formula is C23H26ClN7O2S. The summed E-state index contributed by atoms with van der Waals surface area (Å²) in [5.41, 5.74) is 1.18. The molecule has 1 aromatic carbocycles. The number of ketones is 1. The van der Waals surface area contributed by atoms with E-state index in [9.17, 15) is 9.59 Å². The van der Waals surface area contributed by atoms with Crippen LogP contribution in [-0.2, 0) is 9.59 Å². The summed E-state index contributed by atoms with van der Waals surface area (Å²) >= 11 is 7.90. The van der Waals surface area contributed by atoms with Gasteiger partial charge in [0.05, 0.1) is 22.1 Å². The number of thiazole rings is 1. The Morgan fingerprint density at radius 2 is 2.09 bits per heavy atom. The third-order valence-corrected chi connectivity index (χ3v) is 7.33. The number of hydrogen-bond donors (Lipinski definition) is 2. The molecule has 0 amide bonds. The summed E-state index contributed by atoms with van der Waals surface area (Å²) in [6.07, 6.45) is 3.72. The summed E-state index contributed by atoms with van der Waals surface area (Å²) in [5.74, 6) is 0.0178. The van der Waals surface area contributed by atoms with Gasteiger partial charge >= 0.3 is 0 Å². The largest absolute Gasteiger partial charge is 0.353 e. The number of Topliss-reactive ketones (excluding diaryl/α,β-unsaturated/α-hetero) is 1. The summed E-state index contributed by atoms with van der Waals surface area (Å²) in [7, 11) is 1.97. The fraction of sp³-hybridized carbons (Fsp3) is 0.348. The first-order valence-corrected chi connectivity index (χ1v) is 12.0. The zero-order chi connectivity index (χ0) is 24.3. The van der Waals surface area contributed by atoms with Crippen LogP contribution in [0.25, 0.3) is 10.6 Å². The van der Waals surface area contributed by atoms with E-state index in [1.54, 1.807) is 12.4 Å². The minimum atomic E-state index is -0.516. The van der Waals surface area contributed by atoms with Crippen molar-refractivity contribution < 1.29 is 9.59 Å². The minimum absolute atomic E-state index is 0.382. The van der Waals surface area contributed by atoms with Gasteiger partial charge in [-0.1, -0.05) is 41.1 Å². The Morgan fingerprint density at radius 3 is 2.82 bits per heavy atom. The quantitative estimate of drug-likeness (QED) is 0.339. The van der Waals surface area contributed by atoms with Crippen molar-refractivity contribution in [2.75, 3.05) is 37.0 Å². The Bertz CT molecular complexity index is 1170. The molecule has 3 heterocycles. The summed E-state index contributed by atoms with van der Waals surface area (Å²) in [4.78, 5) is 41.2. The molecule has 1 unspecified atom stereocenters. The van der Waals surface area contributed by atoms with Gasteiger partial charge in [0, 0.05) is 44.2 Å². The Morgan fingerprint density at radius 1 is 1.32 bits per heavy atom. The number of carbonyl (C=O) groups excluding carboxylic acids is 2. The van der Waals surface area contributed by atoms with Gasteiger partial charge < -0.3 is 10.2 Å². The lowest BCUT2D eigenvalue weighted by Crippen LogP contribution is -2.51. The van der Waals surface area contributed by atoms with E-state index in [0.29, 0.717) is 42.7 Å². The molecule has 1 atom stereocenters. The normalized spacial score (nSPS) is 17.5. The molecule has 0 radical (unpaired) electrons. The molecule has 1 aliphatic rings. The molecule has 11 heteroatoms. The molecule has 0 aliphatic carbocycles.